The molecule has 4 aromatic rings. The summed E-state index contributed by atoms with van der Waals surface area (Å²) in [7, 11) is 2.59. The second-order valence-electron chi connectivity index (χ2n) is 8.21. The van der Waals surface area contributed by atoms with Crippen molar-refractivity contribution in [2.75, 3.05) is 11.9 Å². The number of para-hydroxylation sites is 2. The number of rotatable bonds is 8. The molecular weight excluding hydrogens is 419 g/mol. The van der Waals surface area contributed by atoms with Gasteiger partial charge in [-0.2, -0.15) is 0 Å². The van der Waals surface area contributed by atoms with E-state index in [0.717, 1.165) is 5.69 Å². The summed E-state index contributed by atoms with van der Waals surface area (Å²) in [5.41, 5.74) is 8.52. The highest BCUT2D eigenvalue weighted by atomic mass is 31.1. The highest BCUT2D eigenvalue weighted by molar-refractivity contribution is 7.50. The zero-order valence-electron chi connectivity index (χ0n) is 19.5. The third kappa shape index (κ3) is 5.25. The monoisotopic (exact) mass is 450 g/mol. The van der Waals surface area contributed by atoms with Gasteiger partial charge in [0.05, 0.1) is 5.78 Å². The fourth-order valence-electron chi connectivity index (χ4n) is 4.07. The van der Waals surface area contributed by atoms with Crippen molar-refractivity contribution in [2.24, 2.45) is 0 Å². The second kappa shape index (κ2) is 10.6. The van der Waals surface area contributed by atoms with Crippen LogP contribution in [0.4, 0.5) is 17.1 Å². The molecule has 0 aliphatic rings. The number of benzene rings is 4. The van der Waals surface area contributed by atoms with E-state index in [4.69, 9.17) is 0 Å². The largest absolute Gasteiger partial charge is 0.310 e. The van der Waals surface area contributed by atoms with E-state index in [-0.39, 0.29) is 5.78 Å². The predicted molar refractivity (Wildman–Crippen MR) is 146 cm³/mol. The molecule has 2 atom stereocenters. The quantitative estimate of drug-likeness (QED) is 0.271. The fraction of sp³-hybridized carbons (Fsp3) is 0.133. The maximum atomic E-state index is 4.35. The summed E-state index contributed by atoms with van der Waals surface area (Å²) in [6.07, 6.45) is 0. The maximum absolute atomic E-state index is 4.35. The molecule has 0 radical (unpaired) electrons. The number of hydrogen-bond donors (Lipinski definition) is 1. The van der Waals surface area contributed by atoms with Crippen molar-refractivity contribution in [1.29, 1.82) is 0 Å². The van der Waals surface area contributed by atoms with E-state index in [1.165, 1.54) is 38.9 Å². The molecule has 0 amide bonds. The highest BCUT2D eigenvalue weighted by Gasteiger charge is 2.17. The van der Waals surface area contributed by atoms with Gasteiger partial charge in [0, 0.05) is 17.1 Å². The predicted octanol–water partition coefficient (Wildman–Crippen LogP) is 8.34. The van der Waals surface area contributed by atoms with Crippen LogP contribution in [0.1, 0.15) is 28.0 Å². The van der Waals surface area contributed by atoms with Gasteiger partial charge in [-0.05, 0) is 72.7 Å². The summed E-state index contributed by atoms with van der Waals surface area (Å²) in [4.78, 5) is 2.36. The molecule has 0 aliphatic heterocycles. The molecule has 4 aromatic carbocycles. The Balaban J connectivity index is 1.66. The lowest BCUT2D eigenvalue weighted by Gasteiger charge is -2.29. The Morgan fingerprint density at radius 2 is 1.24 bits per heavy atom. The van der Waals surface area contributed by atoms with E-state index >= 15 is 0 Å². The minimum absolute atomic E-state index is 0.233. The molecule has 0 heterocycles. The fourth-order valence-corrected chi connectivity index (χ4v) is 5.26. The molecule has 33 heavy (non-hydrogen) atoms. The van der Waals surface area contributed by atoms with E-state index in [2.05, 4.69) is 128 Å². The SMILES string of the molecule is C=C(PC(NC)c1ccc(N(c2ccccc2C)c2ccccc2C)cc1)c1ccccc1. The lowest BCUT2D eigenvalue weighted by Crippen LogP contribution is -2.14. The molecule has 1 N–H and O–H groups in total. The van der Waals surface area contributed by atoms with E-state index in [1.807, 2.05) is 13.1 Å². The van der Waals surface area contributed by atoms with Gasteiger partial charge in [0.15, 0.2) is 0 Å². The van der Waals surface area contributed by atoms with Crippen LogP contribution in [0.15, 0.2) is 110 Å². The van der Waals surface area contributed by atoms with Crippen LogP contribution in [0.5, 0.6) is 0 Å². The number of anilines is 3. The van der Waals surface area contributed by atoms with Crippen molar-refractivity contribution >= 4 is 31.0 Å². The molecule has 0 saturated carbocycles. The van der Waals surface area contributed by atoms with Crippen molar-refractivity contribution in [3.05, 3.63) is 132 Å². The molecule has 2 nitrogen and oxygen atoms in total. The lowest BCUT2D eigenvalue weighted by atomic mass is 10.1. The molecule has 166 valence electrons. The van der Waals surface area contributed by atoms with Crippen LogP contribution in [0.25, 0.3) is 5.31 Å². The zero-order chi connectivity index (χ0) is 23.2. The van der Waals surface area contributed by atoms with E-state index in [9.17, 15) is 0 Å². The van der Waals surface area contributed by atoms with Crippen molar-refractivity contribution < 1.29 is 0 Å². The summed E-state index contributed by atoms with van der Waals surface area (Å²) in [5, 5.41) is 4.65. The standard InChI is InChI=1S/C30H31N2P/c1-22-12-8-10-16-28(22)32(29-17-11-9-13-23(29)2)27-20-18-26(19-21-27)30(31-4)33-24(3)25-14-6-5-7-15-25/h5-21,30-31,33H,3H2,1-2,4H3. The normalized spacial score (nSPS) is 12.1. The maximum Gasteiger partial charge on any atom is 0.0532 e. The number of nitrogens with zero attached hydrogens (tertiary/aromatic N) is 1. The van der Waals surface area contributed by atoms with Crippen LogP contribution in [0.3, 0.4) is 0 Å². The Hall–Kier alpha value is -3.19. The number of aryl methyl sites for hydroxylation is 2. The van der Waals surface area contributed by atoms with Gasteiger partial charge in [0.2, 0.25) is 0 Å². The van der Waals surface area contributed by atoms with Gasteiger partial charge in [0.25, 0.3) is 0 Å². The third-order valence-electron chi connectivity index (χ3n) is 5.93. The summed E-state index contributed by atoms with van der Waals surface area (Å²) in [5.74, 6) is 0.233. The Morgan fingerprint density at radius 1 is 0.727 bits per heavy atom. The molecule has 3 heteroatoms. The zero-order valence-corrected chi connectivity index (χ0v) is 20.5. The smallest absolute Gasteiger partial charge is 0.0532 e. The van der Waals surface area contributed by atoms with Crippen LogP contribution >= 0.6 is 8.58 Å². The van der Waals surface area contributed by atoms with Crippen LogP contribution in [-0.4, -0.2) is 7.05 Å². The van der Waals surface area contributed by atoms with Crippen LogP contribution < -0.4 is 10.2 Å². The summed E-state index contributed by atoms with van der Waals surface area (Å²) < 4.78 is 0. The third-order valence-corrected chi connectivity index (χ3v) is 7.47. The number of nitrogens with one attached hydrogen (secondary N) is 1. The van der Waals surface area contributed by atoms with Gasteiger partial charge in [-0.25, -0.2) is 0 Å². The minimum Gasteiger partial charge on any atom is -0.310 e. The number of hydrogen-bond acceptors (Lipinski definition) is 2. The molecule has 0 aromatic heterocycles. The minimum atomic E-state index is 0.233. The van der Waals surface area contributed by atoms with Gasteiger partial charge >= 0.3 is 0 Å². The molecule has 2 unspecified atom stereocenters. The van der Waals surface area contributed by atoms with Gasteiger partial charge < -0.3 is 10.2 Å². The summed E-state index contributed by atoms with van der Waals surface area (Å²) in [6, 6.07) is 36.5. The average Bonchev–Trinajstić information content (AvgIpc) is 2.86. The molecule has 0 fully saturated rings. The molecular formula is C30H31N2P. The van der Waals surface area contributed by atoms with Gasteiger partial charge in [-0.15, -0.1) is 0 Å². The molecule has 0 saturated heterocycles. The van der Waals surface area contributed by atoms with Crippen molar-refractivity contribution in [1.82, 2.24) is 5.32 Å². The molecule has 0 aliphatic carbocycles. The lowest BCUT2D eigenvalue weighted by molar-refractivity contribution is 0.792. The molecule has 4 rings (SSSR count). The first-order valence-corrected chi connectivity index (χ1v) is 12.4. The van der Waals surface area contributed by atoms with Crippen molar-refractivity contribution in [3.63, 3.8) is 0 Å². The van der Waals surface area contributed by atoms with E-state index < -0.39 is 0 Å². The first-order valence-electron chi connectivity index (χ1n) is 11.3. The van der Waals surface area contributed by atoms with Crippen LogP contribution in [0, 0.1) is 13.8 Å². The van der Waals surface area contributed by atoms with Crippen LogP contribution in [-0.2, 0) is 0 Å². The van der Waals surface area contributed by atoms with Crippen molar-refractivity contribution in [3.8, 4) is 0 Å². The van der Waals surface area contributed by atoms with Gasteiger partial charge in [0.1, 0.15) is 0 Å². The average molecular weight is 451 g/mol. The summed E-state index contributed by atoms with van der Waals surface area (Å²) >= 11 is 0. The Labute approximate surface area is 199 Å². The van der Waals surface area contributed by atoms with Crippen LogP contribution in [0.2, 0.25) is 0 Å². The first-order chi connectivity index (χ1) is 16.1. The van der Waals surface area contributed by atoms with E-state index in [1.54, 1.807) is 0 Å². The highest BCUT2D eigenvalue weighted by Crippen LogP contribution is 2.44. The topological polar surface area (TPSA) is 15.3 Å². The molecule has 0 spiro atoms. The molecule has 0 bridgehead atoms. The second-order valence-corrected chi connectivity index (χ2v) is 9.68. The Morgan fingerprint density at radius 3 is 1.76 bits per heavy atom. The van der Waals surface area contributed by atoms with Gasteiger partial charge in [-0.3, -0.25) is 0 Å². The van der Waals surface area contributed by atoms with Crippen molar-refractivity contribution in [2.45, 2.75) is 19.6 Å². The van der Waals surface area contributed by atoms with E-state index in [0.29, 0.717) is 8.58 Å². The first kappa shape index (κ1) is 23.0. The Bertz CT molecular complexity index is 1170. The van der Waals surface area contributed by atoms with Gasteiger partial charge in [-0.1, -0.05) is 94.0 Å². The summed E-state index contributed by atoms with van der Waals surface area (Å²) in [6.45, 7) is 8.68. The Kier molecular flexibility index (Phi) is 7.40.